The number of nitrogens with one attached hydrogen (secondary N) is 2. The van der Waals surface area contributed by atoms with Crippen LogP contribution >= 0.6 is 11.8 Å². The second kappa shape index (κ2) is 8.77. The lowest BCUT2D eigenvalue weighted by molar-refractivity contribution is -0.113. The molecule has 0 atom stereocenters. The van der Waals surface area contributed by atoms with Crippen LogP contribution in [0.3, 0.4) is 0 Å². The van der Waals surface area contributed by atoms with E-state index in [0.717, 1.165) is 25.7 Å². The zero-order valence-corrected chi connectivity index (χ0v) is 16.5. The SMILES string of the molecule is O=C(CSc1nnc(C2CCCCC2)o1)Nc1ccccc1C(=O)NC1CC1. The Morgan fingerprint density at radius 3 is 2.64 bits per heavy atom. The monoisotopic (exact) mass is 400 g/mol. The Morgan fingerprint density at radius 1 is 1.07 bits per heavy atom. The van der Waals surface area contributed by atoms with Gasteiger partial charge in [-0.3, -0.25) is 9.59 Å². The first-order chi connectivity index (χ1) is 13.7. The van der Waals surface area contributed by atoms with Gasteiger partial charge >= 0.3 is 0 Å². The van der Waals surface area contributed by atoms with Crippen LogP contribution in [0.1, 0.15) is 67.1 Å². The average molecular weight is 401 g/mol. The highest BCUT2D eigenvalue weighted by atomic mass is 32.2. The first kappa shape index (κ1) is 19.0. The Kier molecular flexibility index (Phi) is 5.95. The van der Waals surface area contributed by atoms with E-state index in [1.54, 1.807) is 24.3 Å². The van der Waals surface area contributed by atoms with E-state index in [2.05, 4.69) is 20.8 Å². The summed E-state index contributed by atoms with van der Waals surface area (Å²) in [7, 11) is 0. The van der Waals surface area contributed by atoms with Crippen molar-refractivity contribution in [2.75, 3.05) is 11.1 Å². The average Bonchev–Trinajstić information content (AvgIpc) is 3.40. The van der Waals surface area contributed by atoms with Gasteiger partial charge in [0, 0.05) is 12.0 Å². The number of benzene rings is 1. The molecule has 0 unspecified atom stereocenters. The minimum atomic E-state index is -0.214. The normalized spacial score (nSPS) is 17.3. The standard InChI is InChI=1S/C20H24N4O3S/c25-17(12-28-20-24-23-19(27-20)13-6-2-1-3-7-13)22-16-9-5-4-8-15(16)18(26)21-14-10-11-14/h4-5,8-9,13-14H,1-3,6-7,10-12H2,(H,21,26)(H,22,25). The van der Waals surface area contributed by atoms with Gasteiger partial charge in [0.15, 0.2) is 0 Å². The fourth-order valence-corrected chi connectivity index (χ4v) is 3.96. The maximum Gasteiger partial charge on any atom is 0.277 e. The number of nitrogens with zero attached hydrogens (tertiary/aromatic N) is 2. The minimum absolute atomic E-state index is 0.144. The maximum absolute atomic E-state index is 12.4. The molecule has 2 fully saturated rings. The Hall–Kier alpha value is -2.35. The van der Waals surface area contributed by atoms with Crippen LogP contribution < -0.4 is 10.6 Å². The van der Waals surface area contributed by atoms with Gasteiger partial charge in [-0.1, -0.05) is 43.2 Å². The molecular formula is C20H24N4O3S. The van der Waals surface area contributed by atoms with Crippen LogP contribution in [-0.2, 0) is 4.79 Å². The summed E-state index contributed by atoms with van der Waals surface area (Å²) in [6, 6.07) is 7.30. The van der Waals surface area contributed by atoms with E-state index in [1.165, 1.54) is 31.0 Å². The summed E-state index contributed by atoms with van der Waals surface area (Å²) >= 11 is 1.21. The lowest BCUT2D eigenvalue weighted by atomic mass is 9.89. The zero-order chi connectivity index (χ0) is 19.3. The molecule has 0 saturated heterocycles. The third-order valence-corrected chi connectivity index (χ3v) is 5.88. The molecule has 0 aliphatic heterocycles. The molecule has 1 heterocycles. The Bertz CT molecular complexity index is 843. The number of rotatable bonds is 7. The van der Waals surface area contributed by atoms with Crippen molar-refractivity contribution in [1.29, 1.82) is 0 Å². The molecule has 2 aliphatic carbocycles. The molecule has 28 heavy (non-hydrogen) atoms. The molecule has 2 aliphatic rings. The van der Waals surface area contributed by atoms with Crippen molar-refractivity contribution in [3.05, 3.63) is 35.7 Å². The van der Waals surface area contributed by atoms with E-state index in [1.807, 2.05) is 0 Å². The van der Waals surface area contributed by atoms with Crippen LogP contribution in [-0.4, -0.2) is 33.8 Å². The third kappa shape index (κ3) is 4.92. The number of aromatic nitrogens is 2. The highest BCUT2D eigenvalue weighted by Gasteiger charge is 2.25. The molecule has 1 aromatic heterocycles. The summed E-state index contributed by atoms with van der Waals surface area (Å²) in [4.78, 5) is 24.7. The van der Waals surface area contributed by atoms with E-state index in [9.17, 15) is 9.59 Å². The Morgan fingerprint density at radius 2 is 1.86 bits per heavy atom. The number of thioether (sulfide) groups is 1. The topological polar surface area (TPSA) is 97.1 Å². The number of amides is 2. The zero-order valence-electron chi connectivity index (χ0n) is 15.6. The molecule has 2 N–H and O–H groups in total. The van der Waals surface area contributed by atoms with Crippen LogP contribution in [0, 0.1) is 0 Å². The van der Waals surface area contributed by atoms with E-state index >= 15 is 0 Å². The van der Waals surface area contributed by atoms with Gasteiger partial charge in [0.2, 0.25) is 11.8 Å². The molecule has 2 aromatic rings. The van der Waals surface area contributed by atoms with Crippen LogP contribution in [0.4, 0.5) is 5.69 Å². The molecule has 2 saturated carbocycles. The van der Waals surface area contributed by atoms with Gasteiger partial charge in [0.05, 0.1) is 17.0 Å². The van der Waals surface area contributed by atoms with Crippen molar-refractivity contribution in [3.63, 3.8) is 0 Å². The number of hydrogen-bond acceptors (Lipinski definition) is 6. The lowest BCUT2D eigenvalue weighted by Gasteiger charge is -2.17. The maximum atomic E-state index is 12.4. The van der Waals surface area contributed by atoms with E-state index < -0.39 is 0 Å². The van der Waals surface area contributed by atoms with Crippen molar-refractivity contribution < 1.29 is 14.0 Å². The second-order valence-corrected chi connectivity index (χ2v) is 8.30. The summed E-state index contributed by atoms with van der Waals surface area (Å²) < 4.78 is 5.73. The molecule has 8 heteroatoms. The van der Waals surface area contributed by atoms with Gasteiger partial charge in [-0.25, -0.2) is 0 Å². The Labute approximate surface area is 168 Å². The van der Waals surface area contributed by atoms with E-state index in [-0.39, 0.29) is 23.6 Å². The molecule has 7 nitrogen and oxygen atoms in total. The van der Waals surface area contributed by atoms with Crippen LogP contribution in [0.2, 0.25) is 0 Å². The minimum Gasteiger partial charge on any atom is -0.416 e. The Balaban J connectivity index is 1.31. The molecule has 4 rings (SSSR count). The highest BCUT2D eigenvalue weighted by Crippen LogP contribution is 2.33. The van der Waals surface area contributed by atoms with E-state index in [4.69, 9.17) is 4.42 Å². The second-order valence-electron chi connectivity index (χ2n) is 7.37. The van der Waals surface area contributed by atoms with E-state index in [0.29, 0.717) is 28.3 Å². The first-order valence-corrected chi connectivity index (χ1v) is 10.8. The van der Waals surface area contributed by atoms with Crippen molar-refractivity contribution in [2.24, 2.45) is 0 Å². The number of carbonyl (C=O) groups is 2. The van der Waals surface area contributed by atoms with Gasteiger partial charge < -0.3 is 15.1 Å². The molecular weight excluding hydrogens is 376 g/mol. The lowest BCUT2D eigenvalue weighted by Crippen LogP contribution is -2.27. The third-order valence-electron chi connectivity index (χ3n) is 5.06. The van der Waals surface area contributed by atoms with Crippen molar-refractivity contribution in [1.82, 2.24) is 15.5 Å². The molecule has 148 valence electrons. The largest absolute Gasteiger partial charge is 0.416 e. The summed E-state index contributed by atoms with van der Waals surface area (Å²) in [5, 5.41) is 14.4. The van der Waals surface area contributed by atoms with Gasteiger partial charge in [0.25, 0.3) is 11.1 Å². The predicted octanol–water partition coefficient (Wildman–Crippen LogP) is 3.74. The molecule has 0 bridgehead atoms. The van der Waals surface area contributed by atoms with Crippen LogP contribution in [0.5, 0.6) is 0 Å². The van der Waals surface area contributed by atoms with Gasteiger partial charge in [-0.2, -0.15) is 0 Å². The first-order valence-electron chi connectivity index (χ1n) is 9.85. The van der Waals surface area contributed by atoms with Gasteiger partial charge in [0.1, 0.15) is 0 Å². The highest BCUT2D eigenvalue weighted by molar-refractivity contribution is 7.99. The fourth-order valence-electron chi connectivity index (χ4n) is 3.39. The van der Waals surface area contributed by atoms with Crippen molar-refractivity contribution in [2.45, 2.75) is 62.1 Å². The number of hydrogen-bond donors (Lipinski definition) is 2. The predicted molar refractivity (Wildman–Crippen MR) is 106 cm³/mol. The quantitative estimate of drug-likeness (QED) is 0.687. The fraction of sp³-hybridized carbons (Fsp3) is 0.500. The van der Waals surface area contributed by atoms with Crippen LogP contribution in [0.25, 0.3) is 0 Å². The summed E-state index contributed by atoms with van der Waals surface area (Å²) in [5.74, 6) is 0.811. The van der Waals surface area contributed by atoms with Crippen molar-refractivity contribution >= 4 is 29.3 Å². The van der Waals surface area contributed by atoms with Crippen molar-refractivity contribution in [3.8, 4) is 0 Å². The number of carbonyl (C=O) groups excluding carboxylic acids is 2. The summed E-state index contributed by atoms with van der Waals surface area (Å²) in [5.41, 5.74) is 0.991. The number of anilines is 1. The van der Waals surface area contributed by atoms with Gasteiger partial charge in [-0.05, 0) is 37.8 Å². The molecule has 1 aromatic carbocycles. The summed E-state index contributed by atoms with van der Waals surface area (Å²) in [6.07, 6.45) is 7.89. The molecule has 0 spiro atoms. The molecule has 0 radical (unpaired) electrons. The molecule has 2 amide bonds. The van der Waals surface area contributed by atoms with Crippen LogP contribution in [0.15, 0.2) is 33.9 Å². The summed E-state index contributed by atoms with van der Waals surface area (Å²) in [6.45, 7) is 0. The number of para-hydroxylation sites is 1. The van der Waals surface area contributed by atoms with Gasteiger partial charge in [-0.15, -0.1) is 10.2 Å². The smallest absolute Gasteiger partial charge is 0.277 e.